The van der Waals surface area contributed by atoms with Gasteiger partial charge in [0, 0.05) is 19.2 Å². The van der Waals surface area contributed by atoms with Gasteiger partial charge in [-0.1, -0.05) is 11.6 Å². The van der Waals surface area contributed by atoms with Crippen molar-refractivity contribution < 1.29 is 14.6 Å². The summed E-state index contributed by atoms with van der Waals surface area (Å²) in [5.41, 5.74) is 0.554. The molecule has 1 N–H and O–H groups in total. The Morgan fingerprint density at radius 3 is 3.00 bits per heavy atom. The highest BCUT2D eigenvalue weighted by Crippen LogP contribution is 2.18. The van der Waals surface area contributed by atoms with Crippen LogP contribution in [0.3, 0.4) is 0 Å². The SMILES string of the molecule is CCOCCc1nnc2c(Cl)cc(C(=O)O)cn12. The molecule has 0 saturated carbocycles. The van der Waals surface area contributed by atoms with Crippen LogP contribution in [0.1, 0.15) is 23.1 Å². The molecule has 7 heteroatoms. The van der Waals surface area contributed by atoms with Crippen LogP contribution in [0.15, 0.2) is 12.3 Å². The molecule has 18 heavy (non-hydrogen) atoms. The Morgan fingerprint density at radius 1 is 1.56 bits per heavy atom. The maximum absolute atomic E-state index is 11.0. The maximum Gasteiger partial charge on any atom is 0.337 e. The van der Waals surface area contributed by atoms with Gasteiger partial charge in [0.1, 0.15) is 5.82 Å². The first-order valence-corrected chi connectivity index (χ1v) is 5.85. The Balaban J connectivity index is 2.40. The van der Waals surface area contributed by atoms with Crippen LogP contribution in [-0.2, 0) is 11.2 Å². The highest BCUT2D eigenvalue weighted by Gasteiger charge is 2.13. The number of rotatable bonds is 5. The first-order valence-electron chi connectivity index (χ1n) is 5.47. The van der Waals surface area contributed by atoms with Gasteiger partial charge in [0.25, 0.3) is 0 Å². The lowest BCUT2D eigenvalue weighted by Gasteiger charge is -2.03. The van der Waals surface area contributed by atoms with Crippen LogP contribution in [0.4, 0.5) is 0 Å². The van der Waals surface area contributed by atoms with Gasteiger partial charge in [0.15, 0.2) is 5.65 Å². The first kappa shape index (κ1) is 12.8. The van der Waals surface area contributed by atoms with E-state index in [1.165, 1.54) is 12.3 Å². The molecule has 0 spiro atoms. The van der Waals surface area contributed by atoms with Crippen molar-refractivity contribution in [3.8, 4) is 0 Å². The van der Waals surface area contributed by atoms with E-state index in [0.717, 1.165) is 0 Å². The lowest BCUT2D eigenvalue weighted by atomic mass is 10.3. The summed E-state index contributed by atoms with van der Waals surface area (Å²) in [5, 5.41) is 17.2. The minimum Gasteiger partial charge on any atom is -0.478 e. The number of fused-ring (bicyclic) bond motifs is 1. The number of carbonyl (C=O) groups is 1. The van der Waals surface area contributed by atoms with E-state index >= 15 is 0 Å². The smallest absolute Gasteiger partial charge is 0.337 e. The number of carboxylic acid groups (broad SMARTS) is 1. The van der Waals surface area contributed by atoms with Crippen LogP contribution in [0.2, 0.25) is 5.02 Å². The van der Waals surface area contributed by atoms with Crippen LogP contribution in [-0.4, -0.2) is 38.9 Å². The number of pyridine rings is 1. The summed E-state index contributed by atoms with van der Waals surface area (Å²) in [6.07, 6.45) is 2.01. The summed E-state index contributed by atoms with van der Waals surface area (Å²) < 4.78 is 6.82. The summed E-state index contributed by atoms with van der Waals surface area (Å²) in [6, 6.07) is 1.36. The number of halogens is 1. The van der Waals surface area contributed by atoms with Gasteiger partial charge in [-0.05, 0) is 13.0 Å². The van der Waals surface area contributed by atoms with Crippen LogP contribution >= 0.6 is 11.6 Å². The van der Waals surface area contributed by atoms with E-state index in [1.54, 1.807) is 4.40 Å². The van der Waals surface area contributed by atoms with E-state index in [9.17, 15) is 4.79 Å². The molecule has 2 rings (SSSR count). The van der Waals surface area contributed by atoms with Gasteiger partial charge in [-0.3, -0.25) is 4.40 Å². The summed E-state index contributed by atoms with van der Waals surface area (Å²) in [4.78, 5) is 11.0. The molecule has 0 aliphatic carbocycles. The van der Waals surface area contributed by atoms with E-state index < -0.39 is 5.97 Å². The van der Waals surface area contributed by atoms with E-state index in [2.05, 4.69) is 10.2 Å². The molecule has 96 valence electrons. The molecule has 0 fully saturated rings. The number of aromatic nitrogens is 3. The largest absolute Gasteiger partial charge is 0.478 e. The van der Waals surface area contributed by atoms with Gasteiger partial charge < -0.3 is 9.84 Å². The predicted molar refractivity (Wildman–Crippen MR) is 65.2 cm³/mol. The molecule has 0 atom stereocenters. The molecule has 0 saturated heterocycles. The Morgan fingerprint density at radius 2 is 2.33 bits per heavy atom. The second-order valence-electron chi connectivity index (χ2n) is 3.64. The lowest BCUT2D eigenvalue weighted by molar-refractivity contribution is 0.0696. The normalized spacial score (nSPS) is 11.0. The number of nitrogens with zero attached hydrogens (tertiary/aromatic N) is 3. The number of hydrogen-bond donors (Lipinski definition) is 1. The molecule has 0 unspecified atom stereocenters. The van der Waals surface area contributed by atoms with Crippen molar-refractivity contribution in [2.45, 2.75) is 13.3 Å². The third kappa shape index (κ3) is 2.44. The fraction of sp³-hybridized carbons (Fsp3) is 0.364. The van der Waals surface area contributed by atoms with Crippen molar-refractivity contribution in [1.82, 2.24) is 14.6 Å². The second-order valence-corrected chi connectivity index (χ2v) is 4.05. The molecule has 0 aromatic carbocycles. The molecule has 2 aromatic heterocycles. The van der Waals surface area contributed by atoms with Crippen molar-refractivity contribution in [1.29, 1.82) is 0 Å². The number of hydrogen-bond acceptors (Lipinski definition) is 4. The van der Waals surface area contributed by atoms with Gasteiger partial charge in [-0.25, -0.2) is 4.79 Å². The van der Waals surface area contributed by atoms with Gasteiger partial charge in [-0.2, -0.15) is 0 Å². The highest BCUT2D eigenvalue weighted by atomic mass is 35.5. The monoisotopic (exact) mass is 269 g/mol. The molecule has 6 nitrogen and oxygen atoms in total. The molecular formula is C11H12ClN3O3. The van der Waals surface area contributed by atoms with Gasteiger partial charge >= 0.3 is 5.97 Å². The molecule has 0 amide bonds. The fourth-order valence-electron chi connectivity index (χ4n) is 1.59. The van der Waals surface area contributed by atoms with E-state index in [0.29, 0.717) is 31.1 Å². The first-order chi connectivity index (χ1) is 8.63. The molecule has 0 bridgehead atoms. The Bertz CT molecular complexity index is 582. The van der Waals surface area contributed by atoms with Gasteiger partial charge in [0.2, 0.25) is 0 Å². The quantitative estimate of drug-likeness (QED) is 0.836. The third-order valence-electron chi connectivity index (χ3n) is 2.45. The van der Waals surface area contributed by atoms with Crippen LogP contribution in [0, 0.1) is 0 Å². The Labute approximate surface area is 108 Å². The van der Waals surface area contributed by atoms with Crippen molar-refractivity contribution in [3.63, 3.8) is 0 Å². The van der Waals surface area contributed by atoms with E-state index in [-0.39, 0.29) is 10.6 Å². The molecular weight excluding hydrogens is 258 g/mol. The second kappa shape index (κ2) is 5.32. The zero-order valence-electron chi connectivity index (χ0n) is 9.76. The van der Waals surface area contributed by atoms with Crippen molar-refractivity contribution in [2.24, 2.45) is 0 Å². The predicted octanol–water partition coefficient (Wildman–Crippen LogP) is 1.66. The topological polar surface area (TPSA) is 76.7 Å². The summed E-state index contributed by atoms with van der Waals surface area (Å²) in [7, 11) is 0. The highest BCUT2D eigenvalue weighted by molar-refractivity contribution is 6.33. The zero-order chi connectivity index (χ0) is 13.1. The van der Waals surface area contributed by atoms with Crippen LogP contribution in [0.25, 0.3) is 5.65 Å². The average molecular weight is 270 g/mol. The standard InChI is InChI=1S/C11H12ClN3O3/c1-2-18-4-3-9-13-14-10-8(12)5-7(11(16)17)6-15(9)10/h5-6H,2-4H2,1H3,(H,16,17). The molecule has 0 aliphatic heterocycles. The minimum atomic E-state index is -1.04. The van der Waals surface area contributed by atoms with Crippen molar-refractivity contribution in [2.75, 3.05) is 13.2 Å². The Hall–Kier alpha value is -1.66. The maximum atomic E-state index is 11.0. The number of ether oxygens (including phenoxy) is 1. The van der Waals surface area contributed by atoms with Crippen molar-refractivity contribution >= 4 is 23.2 Å². The Kier molecular flexibility index (Phi) is 3.78. The fourth-order valence-corrected chi connectivity index (χ4v) is 1.84. The van der Waals surface area contributed by atoms with Crippen LogP contribution < -0.4 is 0 Å². The van der Waals surface area contributed by atoms with E-state index in [1.807, 2.05) is 6.92 Å². The average Bonchev–Trinajstić information content (AvgIpc) is 2.73. The van der Waals surface area contributed by atoms with Crippen molar-refractivity contribution in [3.05, 3.63) is 28.7 Å². The molecule has 2 heterocycles. The summed E-state index contributed by atoms with van der Waals surface area (Å²) in [5.74, 6) is -0.410. The summed E-state index contributed by atoms with van der Waals surface area (Å²) in [6.45, 7) is 3.03. The zero-order valence-corrected chi connectivity index (χ0v) is 10.5. The molecule has 0 radical (unpaired) electrons. The number of aromatic carboxylic acids is 1. The van der Waals surface area contributed by atoms with Gasteiger partial charge in [0.05, 0.1) is 17.2 Å². The van der Waals surface area contributed by atoms with Gasteiger partial charge in [-0.15, -0.1) is 10.2 Å². The van der Waals surface area contributed by atoms with E-state index in [4.69, 9.17) is 21.4 Å². The lowest BCUT2D eigenvalue weighted by Crippen LogP contribution is -2.05. The minimum absolute atomic E-state index is 0.102. The molecule has 0 aliphatic rings. The molecule has 2 aromatic rings. The number of carboxylic acids is 1. The van der Waals surface area contributed by atoms with Crippen LogP contribution in [0.5, 0.6) is 0 Å². The summed E-state index contributed by atoms with van der Waals surface area (Å²) >= 11 is 5.96. The third-order valence-corrected chi connectivity index (χ3v) is 2.73.